The smallest absolute Gasteiger partial charge is 0.410 e. The van der Waals surface area contributed by atoms with E-state index in [1.54, 1.807) is 30.2 Å². The van der Waals surface area contributed by atoms with E-state index in [-0.39, 0.29) is 97.5 Å². The number of amides is 6. The van der Waals surface area contributed by atoms with Gasteiger partial charge in [0, 0.05) is 91.4 Å². The van der Waals surface area contributed by atoms with Crippen LogP contribution < -0.4 is 10.6 Å². The Morgan fingerprint density at radius 3 is 1.58 bits per heavy atom. The molecule has 4 aromatic carbocycles. The fourth-order valence-corrected chi connectivity index (χ4v) is 16.0. The van der Waals surface area contributed by atoms with Gasteiger partial charge in [-0.3, -0.25) is 38.6 Å². The fraction of sp³-hybridized carbons (Fsp3) is 0.514. The Morgan fingerprint density at radius 1 is 0.562 bits per heavy atom. The van der Waals surface area contributed by atoms with Crippen LogP contribution in [0.5, 0.6) is 0 Å². The second-order valence-electron chi connectivity index (χ2n) is 27.2. The van der Waals surface area contributed by atoms with Crippen molar-refractivity contribution < 1.29 is 66.1 Å². The minimum Gasteiger partial charge on any atom is -0.460 e. The first-order valence-electron chi connectivity index (χ1n) is 34.3. The average molecular weight is 1320 g/mol. The van der Waals surface area contributed by atoms with Crippen LogP contribution in [-0.2, 0) is 60.9 Å². The molecular weight excluding hydrogens is 1230 g/mol. The molecule has 12 atom stereocenters. The molecule has 0 bridgehead atoms. The Hall–Kier alpha value is -8.82. The number of rotatable bonds is 18. The van der Waals surface area contributed by atoms with Crippen LogP contribution in [0.3, 0.4) is 0 Å². The highest BCUT2D eigenvalue weighted by atomic mass is 19.1. The molecule has 3 saturated heterocycles. The number of halogens is 2. The van der Waals surface area contributed by atoms with E-state index in [4.69, 9.17) is 18.9 Å². The van der Waals surface area contributed by atoms with E-state index in [2.05, 4.69) is 20.6 Å². The summed E-state index contributed by atoms with van der Waals surface area (Å²) in [5, 5.41) is 7.85. The summed E-state index contributed by atoms with van der Waals surface area (Å²) in [6, 6.07) is 23.4. The molecule has 6 aliphatic rings. The number of likely N-dealkylation sites (tertiary alicyclic amines) is 3. The summed E-state index contributed by atoms with van der Waals surface area (Å²) in [5.41, 5.74) is 4.69. The van der Waals surface area contributed by atoms with E-state index >= 15 is 4.79 Å². The number of likely N-dealkylation sites (N-methyl/N-ethyl adjacent to an activating group) is 1. The SMILES string of the molecule is CC(=O)O[C@@H]1CN(C(=O)[C@@H](NC(=O)[C@H](C)N(C)C(=O)OCc2ccccc2)C2CCCCC2)[C@H]2[C@@H]1N(C(=O)OCc1ccccc1)C[C@H]2c1c[nH]c2cc(F)ccc12.CC[C@@H](C)C(=O)N[C@H](C(=O)N1C[C@@H](OC(C)=O)[C@H]2CC[C@@H](c3c[nH]c4cc(F)ccc34)[C@H]21)C1CCCCC1. The molecule has 22 heteroatoms. The lowest BCUT2D eigenvalue weighted by atomic mass is 9.82. The van der Waals surface area contributed by atoms with Gasteiger partial charge < -0.3 is 49.3 Å². The first-order chi connectivity index (χ1) is 46.3. The van der Waals surface area contributed by atoms with Gasteiger partial charge in [0.1, 0.15) is 55.2 Å². The van der Waals surface area contributed by atoms with Crippen LogP contribution in [0.1, 0.15) is 152 Å². The Morgan fingerprint density at radius 2 is 1.05 bits per heavy atom. The van der Waals surface area contributed by atoms with E-state index in [1.807, 2.05) is 85.6 Å². The first kappa shape index (κ1) is 68.6. The van der Waals surface area contributed by atoms with E-state index in [1.165, 1.54) is 55.0 Å². The number of carbonyl (C=O) groups excluding carboxylic acids is 8. The maximum atomic E-state index is 15.2. The van der Waals surface area contributed by atoms with Crippen LogP contribution in [0.2, 0.25) is 0 Å². The molecule has 5 heterocycles. The second kappa shape index (κ2) is 30.5. The van der Waals surface area contributed by atoms with Crippen molar-refractivity contribution in [2.75, 3.05) is 26.7 Å². The van der Waals surface area contributed by atoms with Gasteiger partial charge in [0.25, 0.3) is 0 Å². The minimum atomic E-state index is -0.983. The van der Waals surface area contributed by atoms with E-state index < -0.39 is 72.1 Å². The normalized spacial score (nSPS) is 23.8. The van der Waals surface area contributed by atoms with Gasteiger partial charge in [-0.15, -0.1) is 0 Å². The van der Waals surface area contributed by atoms with E-state index in [0.717, 1.165) is 103 Å². The number of esters is 2. The number of H-pyrrole nitrogens is 2. The van der Waals surface area contributed by atoms with Crippen molar-refractivity contribution in [2.24, 2.45) is 23.7 Å². The molecule has 2 aromatic heterocycles. The fourth-order valence-electron chi connectivity index (χ4n) is 16.0. The van der Waals surface area contributed by atoms with Crippen molar-refractivity contribution in [2.45, 2.75) is 192 Å². The molecule has 0 spiro atoms. The molecule has 512 valence electrons. The molecule has 12 rings (SSSR count). The van der Waals surface area contributed by atoms with Gasteiger partial charge in [0.15, 0.2) is 0 Å². The number of hydrogen-bond acceptors (Lipinski definition) is 12. The molecule has 6 aromatic rings. The topological polar surface area (TPSA) is 242 Å². The molecule has 3 aliphatic carbocycles. The lowest BCUT2D eigenvalue weighted by Gasteiger charge is -2.36. The number of aromatic nitrogens is 2. The molecule has 20 nitrogen and oxygen atoms in total. The predicted molar refractivity (Wildman–Crippen MR) is 354 cm³/mol. The van der Waals surface area contributed by atoms with Gasteiger partial charge in [0.05, 0.1) is 25.2 Å². The third-order valence-electron chi connectivity index (χ3n) is 21.2. The van der Waals surface area contributed by atoms with Crippen LogP contribution in [0.15, 0.2) is 109 Å². The van der Waals surface area contributed by atoms with E-state index in [9.17, 15) is 42.3 Å². The molecule has 6 amide bonds. The van der Waals surface area contributed by atoms with Gasteiger partial charge in [-0.25, -0.2) is 18.4 Å². The molecule has 3 aliphatic heterocycles. The number of hydrogen-bond donors (Lipinski definition) is 4. The largest absolute Gasteiger partial charge is 0.460 e. The summed E-state index contributed by atoms with van der Waals surface area (Å²) in [4.78, 5) is 121. The Balaban J connectivity index is 0.000000213. The van der Waals surface area contributed by atoms with Gasteiger partial charge in [-0.2, -0.15) is 0 Å². The Kier molecular flexibility index (Phi) is 21.8. The molecule has 0 unspecified atom stereocenters. The zero-order valence-corrected chi connectivity index (χ0v) is 55.6. The zero-order valence-electron chi connectivity index (χ0n) is 55.6. The number of fused-ring (bicyclic) bond motifs is 4. The lowest BCUT2D eigenvalue weighted by molar-refractivity contribution is -0.149. The number of carbonyl (C=O) groups is 8. The van der Waals surface area contributed by atoms with Gasteiger partial charge in [-0.1, -0.05) is 113 Å². The Labute approximate surface area is 558 Å². The van der Waals surface area contributed by atoms with Crippen LogP contribution in [0, 0.1) is 35.3 Å². The summed E-state index contributed by atoms with van der Waals surface area (Å²) in [5.74, 6) is -3.40. The number of ether oxygens (including phenoxy) is 4. The highest BCUT2D eigenvalue weighted by Crippen LogP contribution is 2.50. The van der Waals surface area contributed by atoms with Crippen LogP contribution >= 0.6 is 0 Å². The molecule has 3 saturated carbocycles. The quantitative estimate of drug-likeness (QED) is 0.0464. The van der Waals surface area contributed by atoms with Crippen LogP contribution in [-0.4, -0.2) is 152 Å². The van der Waals surface area contributed by atoms with Crippen molar-refractivity contribution in [1.82, 2.24) is 40.2 Å². The molecule has 96 heavy (non-hydrogen) atoms. The number of benzene rings is 4. The van der Waals surface area contributed by atoms with Gasteiger partial charge in [0.2, 0.25) is 23.6 Å². The number of nitrogens with zero attached hydrogens (tertiary/aromatic N) is 4. The zero-order chi connectivity index (χ0) is 67.9. The standard InChI is InChI=1S/C44H50FN5O8.C30H40FN3O4/c1-27(48(3)43(54)56-25-29-13-7-4-8-14-29)41(52)47-38(31-17-11-6-12-18-31)42(53)49-24-37(58-28(2)51)40-39(49)35(34-22-46-36-21-32(45)19-20-33(34)36)23-50(40)44(55)57-26-30-15-9-5-10-16-30;1-4-17(2)29(36)33-27(19-8-6-5-7-9-19)30(37)34-16-26(38-18(3)35)23-13-12-22(28(23)34)24-15-32-25-14-20(31)10-11-21(24)25/h4-5,7-10,13-16,19-22,27,31,35,37-40,46H,6,11-12,17-18,23-26H2,1-3H3,(H,47,52);10-11,14-15,17,19,22-23,26-28,32H,4-9,12-13,16H2,1-3H3,(H,33,36)/t27-,35-,37+,38-,39+,40+;17-,22+,23-,26-,27+,28-/m01/s1. The summed E-state index contributed by atoms with van der Waals surface area (Å²) in [6.45, 7) is 8.61. The number of aromatic amines is 2. The van der Waals surface area contributed by atoms with Gasteiger partial charge in [-0.05, 0) is 122 Å². The van der Waals surface area contributed by atoms with Crippen LogP contribution in [0.25, 0.3) is 21.8 Å². The minimum absolute atomic E-state index is 0.00762. The van der Waals surface area contributed by atoms with Gasteiger partial charge >= 0.3 is 24.1 Å². The highest BCUT2D eigenvalue weighted by Gasteiger charge is 2.60. The maximum absolute atomic E-state index is 15.2. The molecule has 4 N–H and O–H groups in total. The van der Waals surface area contributed by atoms with Crippen molar-refractivity contribution in [1.29, 1.82) is 0 Å². The summed E-state index contributed by atoms with van der Waals surface area (Å²) < 4.78 is 51.2. The summed E-state index contributed by atoms with van der Waals surface area (Å²) >= 11 is 0. The average Bonchev–Trinajstić information content (AvgIpc) is 1.58. The van der Waals surface area contributed by atoms with Crippen LogP contribution in [0.4, 0.5) is 18.4 Å². The second-order valence-corrected chi connectivity index (χ2v) is 27.2. The summed E-state index contributed by atoms with van der Waals surface area (Å²) in [7, 11) is 1.48. The van der Waals surface area contributed by atoms with E-state index in [0.29, 0.717) is 31.3 Å². The molecule has 6 fully saturated rings. The monoisotopic (exact) mass is 1320 g/mol. The lowest BCUT2D eigenvalue weighted by Crippen LogP contribution is -2.58. The van der Waals surface area contributed by atoms with Crippen molar-refractivity contribution in [3.63, 3.8) is 0 Å². The third kappa shape index (κ3) is 15.1. The van der Waals surface area contributed by atoms with Crippen molar-refractivity contribution >= 4 is 69.6 Å². The molecular formula is C74H90F2N8O12. The highest BCUT2D eigenvalue weighted by molar-refractivity contribution is 5.93. The Bertz CT molecular complexity index is 3760. The molecule has 0 radical (unpaired) electrons. The third-order valence-corrected chi connectivity index (χ3v) is 21.2. The summed E-state index contributed by atoms with van der Waals surface area (Å²) in [6.07, 6.45) is 12.8. The maximum Gasteiger partial charge on any atom is 0.410 e. The number of nitrogens with one attached hydrogen (secondary N) is 4. The predicted octanol–water partition coefficient (Wildman–Crippen LogP) is 11.3. The first-order valence-corrected chi connectivity index (χ1v) is 34.3. The van der Waals surface area contributed by atoms with Crippen molar-refractivity contribution in [3.8, 4) is 0 Å². The van der Waals surface area contributed by atoms with Crippen molar-refractivity contribution in [3.05, 3.63) is 143 Å².